The van der Waals surface area contributed by atoms with Crippen molar-refractivity contribution in [1.82, 2.24) is 0 Å². The number of anilines is 1. The first kappa shape index (κ1) is 14.0. The number of ketones is 1. The van der Waals surface area contributed by atoms with Gasteiger partial charge in [0.25, 0.3) is 5.91 Å². The zero-order valence-electron chi connectivity index (χ0n) is 12.2. The predicted octanol–water partition coefficient (Wildman–Crippen LogP) is 4.00. The van der Waals surface area contributed by atoms with Crippen molar-refractivity contribution in [2.24, 2.45) is 0 Å². The zero-order valence-corrected chi connectivity index (χ0v) is 13.0. The number of nitrogens with one attached hydrogen (secondary N) is 1. The Morgan fingerprint density at radius 3 is 2.67 bits per heavy atom. The number of fused-ring (bicyclic) bond motifs is 1. The summed E-state index contributed by atoms with van der Waals surface area (Å²) >= 11 is 1.55. The molecule has 0 unspecified atom stereocenters. The van der Waals surface area contributed by atoms with Crippen LogP contribution in [0, 0.1) is 6.92 Å². The average molecular weight is 299 g/mol. The third-order valence-electron chi connectivity index (χ3n) is 3.89. The van der Waals surface area contributed by atoms with Crippen molar-refractivity contribution in [3.05, 3.63) is 51.4 Å². The molecule has 1 aliphatic carbocycles. The molecule has 1 aromatic heterocycles. The average Bonchev–Trinajstić information content (AvgIpc) is 2.98. The highest BCUT2D eigenvalue weighted by atomic mass is 32.1. The highest BCUT2D eigenvalue weighted by molar-refractivity contribution is 7.17. The summed E-state index contributed by atoms with van der Waals surface area (Å²) in [5, 5.41) is 3.65. The molecule has 1 N–H and O–H groups in total. The summed E-state index contributed by atoms with van der Waals surface area (Å²) < 4.78 is 0. The van der Waals surface area contributed by atoms with Crippen LogP contribution in [0.15, 0.2) is 24.3 Å². The van der Waals surface area contributed by atoms with Crippen molar-refractivity contribution in [3.63, 3.8) is 0 Å². The van der Waals surface area contributed by atoms with Crippen molar-refractivity contribution in [3.8, 4) is 0 Å². The van der Waals surface area contributed by atoms with Crippen molar-refractivity contribution in [2.75, 3.05) is 5.32 Å². The Bertz CT molecular complexity index is 730. The predicted molar refractivity (Wildman–Crippen MR) is 85.5 cm³/mol. The summed E-state index contributed by atoms with van der Waals surface area (Å²) in [5.74, 6) is -0.106. The molecule has 0 radical (unpaired) electrons. The lowest BCUT2D eigenvalue weighted by Crippen LogP contribution is -2.14. The van der Waals surface area contributed by atoms with Crippen LogP contribution in [0.1, 0.15) is 50.1 Å². The summed E-state index contributed by atoms with van der Waals surface area (Å²) in [6, 6.07) is 7.48. The van der Waals surface area contributed by atoms with E-state index in [-0.39, 0.29) is 11.7 Å². The monoisotopic (exact) mass is 299 g/mol. The number of benzene rings is 1. The second-order valence-electron chi connectivity index (χ2n) is 5.39. The van der Waals surface area contributed by atoms with Crippen LogP contribution in [0.25, 0.3) is 0 Å². The van der Waals surface area contributed by atoms with E-state index >= 15 is 0 Å². The molecule has 21 heavy (non-hydrogen) atoms. The highest BCUT2D eigenvalue weighted by Crippen LogP contribution is 2.39. The molecule has 0 bridgehead atoms. The van der Waals surface area contributed by atoms with Gasteiger partial charge in [0.15, 0.2) is 5.78 Å². The third-order valence-corrected chi connectivity index (χ3v) is 5.10. The Morgan fingerprint density at radius 2 is 1.95 bits per heavy atom. The standard InChI is InChI=1S/C17H17NO2S/c1-10-6-3-4-7-12(10)16(20)18-17-15(11(2)19)13-8-5-9-14(13)21-17/h3-4,6-7H,5,8-9H2,1-2H3,(H,18,20). The molecule has 2 aromatic rings. The number of Topliss-reactive ketones (excluding diaryl/α,β-unsaturated/α-hetero) is 1. The fraction of sp³-hybridized carbons (Fsp3) is 0.294. The van der Waals surface area contributed by atoms with Gasteiger partial charge in [-0.2, -0.15) is 0 Å². The van der Waals surface area contributed by atoms with Crippen molar-refractivity contribution < 1.29 is 9.59 Å². The molecule has 0 spiro atoms. The normalized spacial score (nSPS) is 13.0. The molecule has 1 amide bonds. The first-order valence-electron chi connectivity index (χ1n) is 7.10. The van der Waals surface area contributed by atoms with Gasteiger partial charge in [0, 0.05) is 10.4 Å². The maximum atomic E-state index is 12.4. The Labute approximate surface area is 128 Å². The second kappa shape index (κ2) is 5.45. The smallest absolute Gasteiger partial charge is 0.256 e. The van der Waals surface area contributed by atoms with Gasteiger partial charge in [-0.05, 0) is 50.3 Å². The lowest BCUT2D eigenvalue weighted by molar-refractivity contribution is 0.101. The largest absolute Gasteiger partial charge is 0.313 e. The van der Waals surface area contributed by atoms with Gasteiger partial charge in [0.1, 0.15) is 5.00 Å². The molecule has 4 heteroatoms. The summed E-state index contributed by atoms with van der Waals surface area (Å²) in [4.78, 5) is 25.6. The van der Waals surface area contributed by atoms with Crippen molar-refractivity contribution in [2.45, 2.75) is 33.1 Å². The van der Waals surface area contributed by atoms with E-state index in [4.69, 9.17) is 0 Å². The Hall–Kier alpha value is -1.94. The molecular weight excluding hydrogens is 282 g/mol. The first-order chi connectivity index (χ1) is 10.1. The minimum atomic E-state index is -0.143. The number of amides is 1. The number of carbonyl (C=O) groups excluding carboxylic acids is 2. The topological polar surface area (TPSA) is 46.2 Å². The molecule has 1 aliphatic rings. The van der Waals surface area contributed by atoms with Crippen LogP contribution in [-0.4, -0.2) is 11.7 Å². The summed E-state index contributed by atoms with van der Waals surface area (Å²) in [6.07, 6.45) is 3.06. The van der Waals surface area contributed by atoms with E-state index in [0.29, 0.717) is 10.6 Å². The third kappa shape index (κ3) is 2.51. The lowest BCUT2D eigenvalue weighted by Gasteiger charge is -2.08. The van der Waals surface area contributed by atoms with Crippen molar-refractivity contribution in [1.29, 1.82) is 0 Å². The molecule has 3 rings (SSSR count). The number of rotatable bonds is 3. The van der Waals surface area contributed by atoms with Crippen LogP contribution in [0.5, 0.6) is 0 Å². The lowest BCUT2D eigenvalue weighted by atomic mass is 10.1. The molecular formula is C17H17NO2S. The van der Waals surface area contributed by atoms with Gasteiger partial charge in [-0.3, -0.25) is 9.59 Å². The van der Waals surface area contributed by atoms with E-state index < -0.39 is 0 Å². The fourth-order valence-electron chi connectivity index (χ4n) is 2.86. The van der Waals surface area contributed by atoms with Crippen LogP contribution in [0.2, 0.25) is 0 Å². The summed E-state index contributed by atoms with van der Waals surface area (Å²) in [6.45, 7) is 3.49. The second-order valence-corrected chi connectivity index (χ2v) is 6.49. The maximum absolute atomic E-state index is 12.4. The van der Waals surface area contributed by atoms with Crippen LogP contribution >= 0.6 is 11.3 Å². The maximum Gasteiger partial charge on any atom is 0.256 e. The minimum Gasteiger partial charge on any atom is -0.313 e. The fourth-order valence-corrected chi connectivity index (χ4v) is 4.20. The zero-order chi connectivity index (χ0) is 15.0. The van der Waals surface area contributed by atoms with Gasteiger partial charge in [-0.1, -0.05) is 18.2 Å². The number of hydrogen-bond donors (Lipinski definition) is 1. The molecule has 1 heterocycles. The molecule has 0 atom stereocenters. The van der Waals surface area contributed by atoms with E-state index in [2.05, 4.69) is 5.32 Å². The van der Waals surface area contributed by atoms with Gasteiger partial charge in [0.2, 0.25) is 0 Å². The molecule has 0 saturated heterocycles. The summed E-state index contributed by atoms with van der Waals surface area (Å²) in [7, 11) is 0. The van der Waals surface area contributed by atoms with E-state index in [9.17, 15) is 9.59 Å². The van der Waals surface area contributed by atoms with Crippen LogP contribution in [0.3, 0.4) is 0 Å². The molecule has 1 aromatic carbocycles. The van der Waals surface area contributed by atoms with Crippen LogP contribution in [-0.2, 0) is 12.8 Å². The number of thiophene rings is 1. The van der Waals surface area contributed by atoms with Gasteiger partial charge < -0.3 is 5.32 Å². The number of carbonyl (C=O) groups is 2. The van der Waals surface area contributed by atoms with E-state index in [1.807, 2.05) is 25.1 Å². The van der Waals surface area contributed by atoms with E-state index in [1.165, 1.54) is 4.88 Å². The SMILES string of the molecule is CC(=O)c1c(NC(=O)c2ccccc2C)sc2c1CCC2. The highest BCUT2D eigenvalue weighted by Gasteiger charge is 2.25. The van der Waals surface area contributed by atoms with Gasteiger partial charge in [-0.25, -0.2) is 0 Å². The van der Waals surface area contributed by atoms with Gasteiger partial charge in [-0.15, -0.1) is 11.3 Å². The van der Waals surface area contributed by atoms with Crippen molar-refractivity contribution >= 4 is 28.0 Å². The number of aryl methyl sites for hydroxylation is 2. The molecule has 0 fully saturated rings. The quantitative estimate of drug-likeness (QED) is 0.871. The Morgan fingerprint density at radius 1 is 1.19 bits per heavy atom. The minimum absolute atomic E-state index is 0.0366. The summed E-state index contributed by atoms with van der Waals surface area (Å²) in [5.41, 5.74) is 3.45. The van der Waals surface area contributed by atoms with Crippen LogP contribution < -0.4 is 5.32 Å². The number of hydrogen-bond acceptors (Lipinski definition) is 3. The molecule has 108 valence electrons. The Kier molecular flexibility index (Phi) is 3.64. The molecule has 3 nitrogen and oxygen atoms in total. The van der Waals surface area contributed by atoms with Gasteiger partial charge >= 0.3 is 0 Å². The molecule has 0 aliphatic heterocycles. The van der Waals surface area contributed by atoms with Gasteiger partial charge in [0.05, 0.1) is 5.56 Å². The van der Waals surface area contributed by atoms with E-state index in [1.54, 1.807) is 24.3 Å². The van der Waals surface area contributed by atoms with E-state index in [0.717, 1.165) is 36.0 Å². The Balaban J connectivity index is 1.94. The molecule has 0 saturated carbocycles. The first-order valence-corrected chi connectivity index (χ1v) is 7.92. The van der Waals surface area contributed by atoms with Crippen LogP contribution in [0.4, 0.5) is 5.00 Å².